The minimum absolute atomic E-state index is 0.0885. The maximum absolute atomic E-state index is 4.34. The third-order valence-corrected chi connectivity index (χ3v) is 2.17. The molecule has 3 nitrogen and oxygen atoms in total. The van der Waals surface area contributed by atoms with Crippen LogP contribution in [0.25, 0.3) is 0 Å². The van der Waals surface area contributed by atoms with Crippen molar-refractivity contribution in [3.63, 3.8) is 0 Å². The van der Waals surface area contributed by atoms with Gasteiger partial charge in [-0.3, -0.25) is 4.99 Å². The highest BCUT2D eigenvalue weighted by molar-refractivity contribution is 5.86. The van der Waals surface area contributed by atoms with E-state index in [4.69, 9.17) is 0 Å². The Labute approximate surface area is 60.3 Å². The molecule has 54 valence electrons. The summed E-state index contributed by atoms with van der Waals surface area (Å²) in [6.07, 6.45) is 5.86. The number of hydrogen-bond acceptors (Lipinski definition) is 3. The summed E-state index contributed by atoms with van der Waals surface area (Å²) in [5.41, 5.74) is 0.0885. The first-order valence-corrected chi connectivity index (χ1v) is 3.70. The predicted octanol–water partition coefficient (Wildman–Crippen LogP) is 0.221. The summed E-state index contributed by atoms with van der Waals surface area (Å²) < 4.78 is 0. The lowest BCUT2D eigenvalue weighted by molar-refractivity contribution is 0.410. The van der Waals surface area contributed by atoms with Crippen LogP contribution in [0.4, 0.5) is 0 Å². The zero-order valence-electron chi connectivity index (χ0n) is 5.88. The van der Waals surface area contributed by atoms with Gasteiger partial charge in [-0.2, -0.15) is 0 Å². The van der Waals surface area contributed by atoms with E-state index in [2.05, 4.69) is 15.3 Å². The standard InChI is InChI=1S/C7H11N3/c1-3-8-4-2-7(1)5-9-6-10-7/h5-6,8H,1-4H2. The highest BCUT2D eigenvalue weighted by Crippen LogP contribution is 2.22. The molecule has 0 radical (unpaired) electrons. The van der Waals surface area contributed by atoms with Gasteiger partial charge in [0.25, 0.3) is 0 Å². The second-order valence-corrected chi connectivity index (χ2v) is 2.88. The van der Waals surface area contributed by atoms with Gasteiger partial charge < -0.3 is 5.32 Å². The highest BCUT2D eigenvalue weighted by Gasteiger charge is 2.30. The lowest BCUT2D eigenvalue weighted by Crippen LogP contribution is -2.40. The molecule has 0 aliphatic carbocycles. The van der Waals surface area contributed by atoms with Crippen molar-refractivity contribution in [2.45, 2.75) is 18.4 Å². The van der Waals surface area contributed by atoms with Gasteiger partial charge in [-0.25, -0.2) is 4.99 Å². The first-order valence-electron chi connectivity index (χ1n) is 3.70. The van der Waals surface area contributed by atoms with Crippen LogP contribution in [0, 0.1) is 0 Å². The molecular formula is C7H11N3. The van der Waals surface area contributed by atoms with Crippen LogP contribution in [0.3, 0.4) is 0 Å². The number of nitrogens with one attached hydrogen (secondary N) is 1. The van der Waals surface area contributed by atoms with E-state index in [0.29, 0.717) is 0 Å². The number of aliphatic imine (C=N–C) groups is 2. The molecule has 1 spiro atoms. The molecule has 1 fully saturated rings. The molecule has 2 rings (SSSR count). The fourth-order valence-electron chi connectivity index (χ4n) is 1.47. The van der Waals surface area contributed by atoms with Crippen molar-refractivity contribution in [1.82, 2.24) is 5.32 Å². The first-order chi connectivity index (χ1) is 4.91. The highest BCUT2D eigenvalue weighted by atomic mass is 15.0. The third-order valence-electron chi connectivity index (χ3n) is 2.17. The van der Waals surface area contributed by atoms with E-state index in [1.165, 1.54) is 0 Å². The Bertz CT molecular complexity index is 163. The quantitative estimate of drug-likeness (QED) is 0.509. The SMILES string of the molecule is C1=NC=NC12CCNCC2. The molecule has 0 unspecified atom stereocenters. The van der Waals surface area contributed by atoms with E-state index in [-0.39, 0.29) is 5.54 Å². The smallest absolute Gasteiger partial charge is 0.110 e. The lowest BCUT2D eigenvalue weighted by atomic mass is 9.91. The molecule has 2 heterocycles. The van der Waals surface area contributed by atoms with Gasteiger partial charge in [-0.1, -0.05) is 0 Å². The Morgan fingerprint density at radius 2 is 2.10 bits per heavy atom. The van der Waals surface area contributed by atoms with Crippen molar-refractivity contribution in [3.8, 4) is 0 Å². The Balaban J connectivity index is 2.13. The topological polar surface area (TPSA) is 36.8 Å². The molecular weight excluding hydrogens is 126 g/mol. The summed E-state index contributed by atoms with van der Waals surface area (Å²) in [5, 5.41) is 3.30. The minimum Gasteiger partial charge on any atom is -0.317 e. The van der Waals surface area contributed by atoms with Gasteiger partial charge in [0.05, 0.1) is 5.54 Å². The van der Waals surface area contributed by atoms with E-state index in [9.17, 15) is 0 Å². The van der Waals surface area contributed by atoms with Gasteiger partial charge in [0.2, 0.25) is 0 Å². The predicted molar refractivity (Wildman–Crippen MR) is 41.8 cm³/mol. The van der Waals surface area contributed by atoms with Gasteiger partial charge in [-0.05, 0) is 25.9 Å². The van der Waals surface area contributed by atoms with Crippen LogP contribution in [0.1, 0.15) is 12.8 Å². The zero-order chi connectivity index (χ0) is 6.86. The molecule has 0 aromatic heterocycles. The van der Waals surface area contributed by atoms with Crippen LogP contribution in [0.5, 0.6) is 0 Å². The second kappa shape index (κ2) is 2.16. The molecule has 0 aromatic rings. The number of piperidine rings is 1. The van der Waals surface area contributed by atoms with Gasteiger partial charge in [0.1, 0.15) is 6.34 Å². The molecule has 3 heteroatoms. The van der Waals surface area contributed by atoms with Gasteiger partial charge >= 0.3 is 0 Å². The zero-order valence-corrected chi connectivity index (χ0v) is 5.88. The molecule has 0 aromatic carbocycles. The summed E-state index contributed by atoms with van der Waals surface area (Å²) in [7, 11) is 0. The van der Waals surface area contributed by atoms with Crippen LogP contribution >= 0.6 is 0 Å². The van der Waals surface area contributed by atoms with Crippen LogP contribution in [-0.4, -0.2) is 31.2 Å². The molecule has 1 saturated heterocycles. The van der Waals surface area contributed by atoms with Crippen molar-refractivity contribution in [1.29, 1.82) is 0 Å². The lowest BCUT2D eigenvalue weighted by Gasteiger charge is -2.27. The van der Waals surface area contributed by atoms with Gasteiger partial charge in [-0.15, -0.1) is 0 Å². The molecule has 1 N–H and O–H groups in total. The summed E-state index contributed by atoms with van der Waals surface area (Å²) in [6.45, 7) is 2.15. The summed E-state index contributed by atoms with van der Waals surface area (Å²) in [5.74, 6) is 0. The van der Waals surface area contributed by atoms with Crippen LogP contribution in [-0.2, 0) is 0 Å². The summed E-state index contributed by atoms with van der Waals surface area (Å²) in [4.78, 5) is 8.36. The molecule has 10 heavy (non-hydrogen) atoms. The third kappa shape index (κ3) is 0.865. The van der Waals surface area contributed by atoms with Gasteiger partial charge in [0.15, 0.2) is 0 Å². The van der Waals surface area contributed by atoms with E-state index >= 15 is 0 Å². The Kier molecular flexibility index (Phi) is 1.31. The Morgan fingerprint density at radius 3 is 2.70 bits per heavy atom. The first kappa shape index (κ1) is 6.04. The molecule has 0 saturated carbocycles. The number of nitrogens with zero attached hydrogens (tertiary/aromatic N) is 2. The average Bonchev–Trinajstić information content (AvgIpc) is 2.39. The minimum atomic E-state index is 0.0885. The Hall–Kier alpha value is -0.700. The molecule has 0 bridgehead atoms. The maximum atomic E-state index is 4.34. The van der Waals surface area contributed by atoms with Crippen molar-refractivity contribution in [3.05, 3.63) is 0 Å². The molecule has 0 amide bonds. The number of hydrogen-bond donors (Lipinski definition) is 1. The molecule has 2 aliphatic heterocycles. The monoisotopic (exact) mass is 137 g/mol. The van der Waals surface area contributed by atoms with Crippen molar-refractivity contribution >= 4 is 12.6 Å². The molecule has 2 aliphatic rings. The van der Waals surface area contributed by atoms with E-state index < -0.39 is 0 Å². The van der Waals surface area contributed by atoms with Crippen molar-refractivity contribution < 1.29 is 0 Å². The second-order valence-electron chi connectivity index (χ2n) is 2.88. The number of rotatable bonds is 0. The Morgan fingerprint density at radius 1 is 1.30 bits per heavy atom. The van der Waals surface area contributed by atoms with E-state index in [0.717, 1.165) is 25.9 Å². The van der Waals surface area contributed by atoms with E-state index in [1.807, 2.05) is 6.21 Å². The molecule has 0 atom stereocenters. The largest absolute Gasteiger partial charge is 0.317 e. The van der Waals surface area contributed by atoms with Crippen LogP contribution < -0.4 is 5.32 Å². The van der Waals surface area contributed by atoms with Crippen LogP contribution in [0.2, 0.25) is 0 Å². The summed E-state index contributed by atoms with van der Waals surface area (Å²) in [6, 6.07) is 0. The average molecular weight is 137 g/mol. The van der Waals surface area contributed by atoms with E-state index in [1.54, 1.807) is 6.34 Å². The normalized spacial score (nSPS) is 28.0. The van der Waals surface area contributed by atoms with Crippen molar-refractivity contribution in [2.24, 2.45) is 9.98 Å². The fourth-order valence-corrected chi connectivity index (χ4v) is 1.47. The maximum Gasteiger partial charge on any atom is 0.110 e. The van der Waals surface area contributed by atoms with Gasteiger partial charge in [0, 0.05) is 6.21 Å². The van der Waals surface area contributed by atoms with Crippen LogP contribution in [0.15, 0.2) is 9.98 Å². The summed E-state index contributed by atoms with van der Waals surface area (Å²) >= 11 is 0. The fraction of sp³-hybridized carbons (Fsp3) is 0.714. The van der Waals surface area contributed by atoms with Crippen molar-refractivity contribution in [2.75, 3.05) is 13.1 Å².